The lowest BCUT2D eigenvalue weighted by Gasteiger charge is -2.24. The molecular weight excluding hydrogens is 424 g/mol. The van der Waals surface area contributed by atoms with Crippen LogP contribution in [0.5, 0.6) is 5.75 Å². The summed E-state index contributed by atoms with van der Waals surface area (Å²) in [5.41, 5.74) is 5.23. The minimum atomic E-state index is -0.299. The van der Waals surface area contributed by atoms with Gasteiger partial charge in [-0.1, -0.05) is 56.3 Å². The van der Waals surface area contributed by atoms with Crippen molar-refractivity contribution in [3.05, 3.63) is 94.8 Å². The molecule has 1 aliphatic heterocycles. The number of carbonyl (C=O) groups excluding carboxylic acids is 1. The predicted octanol–water partition coefficient (Wildman–Crippen LogP) is 4.70. The standard InChI is InChI=1S/C29H34N2O3/c1-21(2)24-10-7-22(8-11-24)18-29(3)19-25-16-23(9-12-27(25)34-29)17-28(33)31(14-15-32)20-26-6-4-5-13-30-26/h4-13,16,21,32H,14-15,17-20H2,1-3H3. The van der Waals surface area contributed by atoms with Crippen LogP contribution in [0.25, 0.3) is 0 Å². The fraction of sp³-hybridized carbons (Fsp3) is 0.379. The lowest BCUT2D eigenvalue weighted by molar-refractivity contribution is -0.131. The Morgan fingerprint density at radius 1 is 1.12 bits per heavy atom. The summed E-state index contributed by atoms with van der Waals surface area (Å²) in [6, 6.07) is 20.5. The summed E-state index contributed by atoms with van der Waals surface area (Å²) >= 11 is 0. The van der Waals surface area contributed by atoms with Gasteiger partial charge in [-0.3, -0.25) is 9.78 Å². The van der Waals surface area contributed by atoms with E-state index in [0.29, 0.717) is 12.5 Å². The third-order valence-corrected chi connectivity index (χ3v) is 6.43. The van der Waals surface area contributed by atoms with Crippen LogP contribution in [0.3, 0.4) is 0 Å². The number of aliphatic hydroxyl groups excluding tert-OH is 1. The number of nitrogens with zero attached hydrogens (tertiary/aromatic N) is 2. The quantitative estimate of drug-likeness (QED) is 0.505. The zero-order chi connectivity index (χ0) is 24.1. The maximum atomic E-state index is 13.0. The Bertz CT molecular complexity index is 1110. The van der Waals surface area contributed by atoms with Crippen LogP contribution in [0.4, 0.5) is 0 Å². The third kappa shape index (κ3) is 5.84. The summed E-state index contributed by atoms with van der Waals surface area (Å²) in [5.74, 6) is 1.40. The molecule has 2 heterocycles. The third-order valence-electron chi connectivity index (χ3n) is 6.43. The highest BCUT2D eigenvalue weighted by atomic mass is 16.5. The molecule has 5 heteroatoms. The molecule has 1 N–H and O–H groups in total. The molecule has 2 aromatic carbocycles. The first-order chi connectivity index (χ1) is 16.3. The Hall–Kier alpha value is -3.18. The van der Waals surface area contributed by atoms with Crippen LogP contribution >= 0.6 is 0 Å². The molecule has 0 saturated carbocycles. The highest BCUT2D eigenvalue weighted by Crippen LogP contribution is 2.37. The van der Waals surface area contributed by atoms with E-state index >= 15 is 0 Å². The van der Waals surface area contributed by atoms with Crippen molar-refractivity contribution < 1.29 is 14.6 Å². The van der Waals surface area contributed by atoms with Gasteiger partial charge in [0.15, 0.2) is 0 Å². The van der Waals surface area contributed by atoms with Gasteiger partial charge in [0.25, 0.3) is 0 Å². The molecule has 0 bridgehead atoms. The van der Waals surface area contributed by atoms with E-state index in [9.17, 15) is 9.90 Å². The number of fused-ring (bicyclic) bond motifs is 1. The van der Waals surface area contributed by atoms with Gasteiger partial charge >= 0.3 is 0 Å². The molecule has 1 amide bonds. The average Bonchev–Trinajstić information content (AvgIpc) is 3.14. The highest BCUT2D eigenvalue weighted by molar-refractivity contribution is 5.79. The molecule has 0 saturated heterocycles. The van der Waals surface area contributed by atoms with Crippen LogP contribution in [0.15, 0.2) is 66.9 Å². The number of aliphatic hydroxyl groups is 1. The summed E-state index contributed by atoms with van der Waals surface area (Å²) in [6.45, 7) is 7.17. The molecule has 1 unspecified atom stereocenters. The minimum Gasteiger partial charge on any atom is -0.487 e. The van der Waals surface area contributed by atoms with Gasteiger partial charge in [0.05, 0.1) is 25.3 Å². The van der Waals surface area contributed by atoms with Gasteiger partial charge < -0.3 is 14.7 Å². The van der Waals surface area contributed by atoms with E-state index in [0.717, 1.165) is 35.4 Å². The van der Waals surface area contributed by atoms with Crippen molar-refractivity contribution in [3.8, 4) is 5.75 Å². The second-order valence-electron chi connectivity index (χ2n) is 9.78. The summed E-state index contributed by atoms with van der Waals surface area (Å²) in [4.78, 5) is 19.0. The fourth-order valence-electron chi connectivity index (χ4n) is 4.62. The van der Waals surface area contributed by atoms with Gasteiger partial charge in [-0.2, -0.15) is 0 Å². The van der Waals surface area contributed by atoms with Crippen LogP contribution in [0, 0.1) is 0 Å². The number of benzene rings is 2. The summed E-state index contributed by atoms with van der Waals surface area (Å²) in [5, 5.41) is 9.45. The number of aromatic nitrogens is 1. The number of pyridine rings is 1. The Morgan fingerprint density at radius 3 is 2.56 bits per heavy atom. The number of carbonyl (C=O) groups is 1. The van der Waals surface area contributed by atoms with E-state index < -0.39 is 0 Å². The molecule has 0 aliphatic carbocycles. The first kappa shape index (κ1) is 24.0. The van der Waals surface area contributed by atoms with Gasteiger partial charge in [0.2, 0.25) is 5.91 Å². The van der Waals surface area contributed by atoms with Crippen molar-refractivity contribution in [2.24, 2.45) is 0 Å². The zero-order valence-electron chi connectivity index (χ0n) is 20.3. The van der Waals surface area contributed by atoms with Crippen molar-refractivity contribution in [3.63, 3.8) is 0 Å². The molecule has 3 aromatic rings. The lowest BCUT2D eigenvalue weighted by Crippen LogP contribution is -2.34. The second-order valence-corrected chi connectivity index (χ2v) is 9.78. The van der Waals surface area contributed by atoms with Crippen LogP contribution < -0.4 is 4.74 Å². The maximum Gasteiger partial charge on any atom is 0.227 e. The molecule has 0 fully saturated rings. The van der Waals surface area contributed by atoms with E-state index in [1.165, 1.54) is 11.1 Å². The lowest BCUT2D eigenvalue weighted by atomic mass is 9.90. The van der Waals surface area contributed by atoms with Gasteiger partial charge in [0.1, 0.15) is 11.4 Å². The maximum absolute atomic E-state index is 13.0. The van der Waals surface area contributed by atoms with Gasteiger partial charge in [-0.15, -0.1) is 0 Å². The monoisotopic (exact) mass is 458 g/mol. The molecule has 5 nitrogen and oxygen atoms in total. The number of rotatable bonds is 9. The molecule has 1 aliphatic rings. The van der Waals surface area contributed by atoms with E-state index in [4.69, 9.17) is 4.74 Å². The first-order valence-corrected chi connectivity index (χ1v) is 12.0. The number of hydrogen-bond donors (Lipinski definition) is 1. The Labute approximate surface area is 202 Å². The Morgan fingerprint density at radius 2 is 1.88 bits per heavy atom. The highest BCUT2D eigenvalue weighted by Gasteiger charge is 2.35. The van der Waals surface area contributed by atoms with E-state index in [-0.39, 0.29) is 31.1 Å². The average molecular weight is 459 g/mol. The molecule has 1 aromatic heterocycles. The van der Waals surface area contributed by atoms with Crippen molar-refractivity contribution in [2.45, 2.75) is 58.1 Å². The number of ether oxygens (including phenoxy) is 1. The Kier molecular flexibility index (Phi) is 7.32. The summed E-state index contributed by atoms with van der Waals surface area (Å²) in [6.07, 6.45) is 3.65. The zero-order valence-corrected chi connectivity index (χ0v) is 20.3. The molecular formula is C29H34N2O3. The van der Waals surface area contributed by atoms with Crippen LogP contribution in [-0.2, 0) is 30.6 Å². The van der Waals surface area contributed by atoms with Crippen LogP contribution in [0.1, 0.15) is 54.6 Å². The van der Waals surface area contributed by atoms with E-state index in [2.05, 4.69) is 56.1 Å². The van der Waals surface area contributed by atoms with E-state index in [1.54, 1.807) is 11.1 Å². The summed E-state index contributed by atoms with van der Waals surface area (Å²) < 4.78 is 6.36. The molecule has 4 rings (SSSR count). The number of hydrogen-bond acceptors (Lipinski definition) is 4. The van der Waals surface area contributed by atoms with Crippen molar-refractivity contribution >= 4 is 5.91 Å². The van der Waals surface area contributed by atoms with Crippen LogP contribution in [0.2, 0.25) is 0 Å². The molecule has 178 valence electrons. The molecule has 0 spiro atoms. The summed E-state index contributed by atoms with van der Waals surface area (Å²) in [7, 11) is 0. The second kappa shape index (κ2) is 10.4. The topological polar surface area (TPSA) is 62.7 Å². The first-order valence-electron chi connectivity index (χ1n) is 12.0. The van der Waals surface area contributed by atoms with Gasteiger partial charge in [0, 0.05) is 25.6 Å². The molecule has 1 atom stereocenters. The predicted molar refractivity (Wildman–Crippen MR) is 134 cm³/mol. The Balaban J connectivity index is 1.41. The van der Waals surface area contributed by atoms with E-state index in [1.807, 2.05) is 30.3 Å². The fourth-order valence-corrected chi connectivity index (χ4v) is 4.62. The smallest absolute Gasteiger partial charge is 0.227 e. The van der Waals surface area contributed by atoms with Crippen molar-refractivity contribution in [1.29, 1.82) is 0 Å². The number of amides is 1. The largest absolute Gasteiger partial charge is 0.487 e. The van der Waals surface area contributed by atoms with Gasteiger partial charge in [-0.25, -0.2) is 0 Å². The van der Waals surface area contributed by atoms with Crippen LogP contribution in [-0.4, -0.2) is 39.7 Å². The van der Waals surface area contributed by atoms with Crippen molar-refractivity contribution in [2.75, 3.05) is 13.2 Å². The van der Waals surface area contributed by atoms with Gasteiger partial charge in [-0.05, 0) is 53.3 Å². The molecule has 34 heavy (non-hydrogen) atoms. The minimum absolute atomic E-state index is 0.0217. The SMILES string of the molecule is CC(C)c1ccc(CC2(C)Cc3cc(CC(=O)N(CCO)Cc4ccccn4)ccc3O2)cc1. The van der Waals surface area contributed by atoms with Crippen molar-refractivity contribution in [1.82, 2.24) is 9.88 Å². The normalized spacial score (nSPS) is 16.9. The molecule has 0 radical (unpaired) electrons.